The minimum absolute atomic E-state index is 0.0929. The van der Waals surface area contributed by atoms with Gasteiger partial charge in [-0.1, -0.05) is 6.08 Å². The molecule has 16 heavy (non-hydrogen) atoms. The summed E-state index contributed by atoms with van der Waals surface area (Å²) in [6.07, 6.45) is 0.697. The summed E-state index contributed by atoms with van der Waals surface area (Å²) in [4.78, 5) is 25.5. The minimum Gasteiger partial charge on any atom is -0.479 e. The highest BCUT2D eigenvalue weighted by molar-refractivity contribution is 5.77. The summed E-state index contributed by atoms with van der Waals surface area (Å²) < 4.78 is 5.03. The van der Waals surface area contributed by atoms with E-state index in [1.807, 2.05) is 0 Å². The molecule has 0 aliphatic carbocycles. The molecule has 1 unspecified atom stereocenters. The number of carbonyl (C=O) groups is 2. The second-order valence-corrected chi connectivity index (χ2v) is 3.60. The Labute approximate surface area is 94.1 Å². The molecular formula is C10H16N2O4. The Balaban J connectivity index is 2.56. The lowest BCUT2D eigenvalue weighted by Gasteiger charge is -2.33. The molecule has 1 aliphatic heterocycles. The molecule has 1 atom stereocenters. The quantitative estimate of drug-likeness (QED) is 0.691. The number of ether oxygens (including phenoxy) is 1. The number of aliphatic carboxylic acids is 1. The molecule has 0 aromatic rings. The van der Waals surface area contributed by atoms with Crippen LogP contribution in [0.4, 0.5) is 4.79 Å². The van der Waals surface area contributed by atoms with Gasteiger partial charge in [0, 0.05) is 20.1 Å². The topological polar surface area (TPSA) is 70.1 Å². The Morgan fingerprint density at radius 3 is 2.94 bits per heavy atom. The van der Waals surface area contributed by atoms with Crippen molar-refractivity contribution in [2.45, 2.75) is 6.10 Å². The Morgan fingerprint density at radius 2 is 2.38 bits per heavy atom. The number of carboxylic acid groups (broad SMARTS) is 1. The first kappa shape index (κ1) is 12.5. The molecule has 1 heterocycles. The maximum atomic E-state index is 11.8. The van der Waals surface area contributed by atoms with E-state index < -0.39 is 12.1 Å². The van der Waals surface area contributed by atoms with Crippen LogP contribution in [0.25, 0.3) is 0 Å². The van der Waals surface area contributed by atoms with Crippen molar-refractivity contribution in [3.63, 3.8) is 0 Å². The Hall–Kier alpha value is -1.56. The average molecular weight is 228 g/mol. The van der Waals surface area contributed by atoms with E-state index in [1.165, 1.54) is 9.80 Å². The Kier molecular flexibility index (Phi) is 4.30. The molecule has 2 amide bonds. The molecule has 0 saturated carbocycles. The van der Waals surface area contributed by atoms with Gasteiger partial charge in [-0.15, -0.1) is 6.58 Å². The molecule has 90 valence electrons. The van der Waals surface area contributed by atoms with Crippen molar-refractivity contribution in [1.82, 2.24) is 9.80 Å². The van der Waals surface area contributed by atoms with Crippen LogP contribution in [0.1, 0.15) is 0 Å². The second-order valence-electron chi connectivity index (χ2n) is 3.60. The SMILES string of the molecule is C=CCN(C)C(=O)N1CCOC(C(=O)O)C1. The molecule has 0 radical (unpaired) electrons. The minimum atomic E-state index is -1.04. The summed E-state index contributed by atoms with van der Waals surface area (Å²) in [6.45, 7) is 4.75. The summed E-state index contributed by atoms with van der Waals surface area (Å²) in [5, 5.41) is 8.79. The maximum Gasteiger partial charge on any atom is 0.334 e. The highest BCUT2D eigenvalue weighted by Crippen LogP contribution is 2.07. The van der Waals surface area contributed by atoms with Crippen LogP contribution in [-0.2, 0) is 9.53 Å². The predicted octanol–water partition coefficient (Wildman–Crippen LogP) is 0.00960. The van der Waals surface area contributed by atoms with E-state index in [1.54, 1.807) is 13.1 Å². The summed E-state index contributed by atoms with van der Waals surface area (Å²) in [6, 6.07) is -0.200. The lowest BCUT2D eigenvalue weighted by atomic mass is 10.3. The van der Waals surface area contributed by atoms with Crippen molar-refractivity contribution in [3.8, 4) is 0 Å². The molecule has 1 aliphatic rings. The normalized spacial score (nSPS) is 20.3. The number of amides is 2. The molecule has 0 aromatic carbocycles. The van der Waals surface area contributed by atoms with Crippen LogP contribution < -0.4 is 0 Å². The zero-order chi connectivity index (χ0) is 12.1. The lowest BCUT2D eigenvalue weighted by Crippen LogP contribution is -2.52. The molecule has 0 spiro atoms. The van der Waals surface area contributed by atoms with Crippen molar-refractivity contribution in [1.29, 1.82) is 0 Å². The summed E-state index contributed by atoms with van der Waals surface area (Å²) in [7, 11) is 1.65. The van der Waals surface area contributed by atoms with Gasteiger partial charge in [0.15, 0.2) is 6.10 Å². The average Bonchev–Trinajstić information content (AvgIpc) is 2.28. The fourth-order valence-corrected chi connectivity index (χ4v) is 1.49. The van der Waals surface area contributed by atoms with Gasteiger partial charge in [0.2, 0.25) is 0 Å². The monoisotopic (exact) mass is 228 g/mol. The maximum absolute atomic E-state index is 11.8. The molecule has 1 N–H and O–H groups in total. The lowest BCUT2D eigenvalue weighted by molar-refractivity contribution is -0.154. The number of hydrogen-bond acceptors (Lipinski definition) is 3. The molecule has 6 nitrogen and oxygen atoms in total. The number of rotatable bonds is 3. The number of hydrogen-bond donors (Lipinski definition) is 1. The molecule has 6 heteroatoms. The van der Waals surface area contributed by atoms with Crippen LogP contribution in [0.2, 0.25) is 0 Å². The van der Waals surface area contributed by atoms with Gasteiger partial charge in [-0.05, 0) is 0 Å². The third-order valence-electron chi connectivity index (χ3n) is 2.34. The van der Waals surface area contributed by atoms with Gasteiger partial charge in [0.25, 0.3) is 0 Å². The molecule has 1 rings (SSSR count). The first-order valence-corrected chi connectivity index (χ1v) is 5.01. The molecule has 1 fully saturated rings. The van der Waals surface area contributed by atoms with E-state index in [0.717, 1.165) is 0 Å². The van der Waals surface area contributed by atoms with Crippen LogP contribution >= 0.6 is 0 Å². The fraction of sp³-hybridized carbons (Fsp3) is 0.600. The van der Waals surface area contributed by atoms with Crippen molar-refractivity contribution < 1.29 is 19.4 Å². The Morgan fingerprint density at radius 1 is 1.69 bits per heavy atom. The zero-order valence-electron chi connectivity index (χ0n) is 9.26. The zero-order valence-corrected chi connectivity index (χ0v) is 9.26. The molecule has 0 bridgehead atoms. The summed E-state index contributed by atoms with van der Waals surface area (Å²) in [5.41, 5.74) is 0. The van der Waals surface area contributed by atoms with Crippen LogP contribution in [-0.4, -0.2) is 66.3 Å². The smallest absolute Gasteiger partial charge is 0.334 e. The number of carbonyl (C=O) groups excluding carboxylic acids is 1. The van der Waals surface area contributed by atoms with Gasteiger partial charge in [0.05, 0.1) is 13.2 Å². The third kappa shape index (κ3) is 2.96. The van der Waals surface area contributed by atoms with E-state index in [0.29, 0.717) is 13.1 Å². The molecule has 1 saturated heterocycles. The standard InChI is InChI=1S/C10H16N2O4/c1-3-4-11(2)10(15)12-5-6-16-8(7-12)9(13)14/h3,8H,1,4-7H2,2H3,(H,13,14). The number of nitrogens with zero attached hydrogens (tertiary/aromatic N) is 2. The van der Waals surface area contributed by atoms with E-state index in [4.69, 9.17) is 9.84 Å². The van der Waals surface area contributed by atoms with E-state index in [9.17, 15) is 9.59 Å². The summed E-state index contributed by atoms with van der Waals surface area (Å²) in [5.74, 6) is -1.04. The van der Waals surface area contributed by atoms with Crippen LogP contribution in [0.5, 0.6) is 0 Å². The van der Waals surface area contributed by atoms with Crippen molar-refractivity contribution in [2.24, 2.45) is 0 Å². The highest BCUT2D eigenvalue weighted by Gasteiger charge is 2.29. The van der Waals surface area contributed by atoms with Gasteiger partial charge < -0.3 is 19.6 Å². The predicted molar refractivity (Wildman–Crippen MR) is 57.2 cm³/mol. The number of likely N-dealkylation sites (N-methyl/N-ethyl adjacent to an activating group) is 1. The van der Waals surface area contributed by atoms with Gasteiger partial charge in [-0.25, -0.2) is 9.59 Å². The largest absolute Gasteiger partial charge is 0.479 e. The van der Waals surface area contributed by atoms with Gasteiger partial charge >= 0.3 is 12.0 Å². The van der Waals surface area contributed by atoms with Gasteiger partial charge in [0.1, 0.15) is 0 Å². The molecular weight excluding hydrogens is 212 g/mol. The first-order valence-electron chi connectivity index (χ1n) is 5.01. The van der Waals surface area contributed by atoms with Crippen LogP contribution in [0.3, 0.4) is 0 Å². The number of morpholine rings is 1. The first-order chi connectivity index (χ1) is 7.56. The van der Waals surface area contributed by atoms with E-state index in [-0.39, 0.29) is 19.2 Å². The Bertz CT molecular complexity index is 293. The van der Waals surface area contributed by atoms with Crippen molar-refractivity contribution in [3.05, 3.63) is 12.7 Å². The van der Waals surface area contributed by atoms with Gasteiger partial charge in [-0.2, -0.15) is 0 Å². The van der Waals surface area contributed by atoms with Crippen molar-refractivity contribution >= 4 is 12.0 Å². The van der Waals surface area contributed by atoms with Crippen LogP contribution in [0.15, 0.2) is 12.7 Å². The fourth-order valence-electron chi connectivity index (χ4n) is 1.49. The molecule has 0 aromatic heterocycles. The van der Waals surface area contributed by atoms with E-state index in [2.05, 4.69) is 6.58 Å². The van der Waals surface area contributed by atoms with Crippen LogP contribution in [0, 0.1) is 0 Å². The second kappa shape index (κ2) is 5.50. The summed E-state index contributed by atoms with van der Waals surface area (Å²) >= 11 is 0. The van der Waals surface area contributed by atoms with Crippen molar-refractivity contribution in [2.75, 3.05) is 33.3 Å². The number of carboxylic acids is 1. The number of urea groups is 1. The van der Waals surface area contributed by atoms with Gasteiger partial charge in [-0.3, -0.25) is 0 Å². The third-order valence-corrected chi connectivity index (χ3v) is 2.34. The highest BCUT2D eigenvalue weighted by atomic mass is 16.5. The van der Waals surface area contributed by atoms with E-state index >= 15 is 0 Å².